The van der Waals surface area contributed by atoms with Crippen molar-refractivity contribution in [1.82, 2.24) is 25.7 Å². The average Bonchev–Trinajstić information content (AvgIpc) is 3.48. The number of hydrogen-bond donors (Lipinski definition) is 3. The number of aromatic nitrogens is 2. The van der Waals surface area contributed by atoms with Crippen LogP contribution in [0, 0.1) is 5.82 Å². The first-order valence-corrected chi connectivity index (χ1v) is 12.2. The summed E-state index contributed by atoms with van der Waals surface area (Å²) in [6.07, 6.45) is -0.779. The number of halogens is 5. The highest BCUT2D eigenvalue weighted by Gasteiger charge is 2.36. The summed E-state index contributed by atoms with van der Waals surface area (Å²) in [6.45, 7) is 0.996. The van der Waals surface area contributed by atoms with Crippen molar-refractivity contribution in [3.63, 3.8) is 0 Å². The van der Waals surface area contributed by atoms with Gasteiger partial charge in [-0.05, 0) is 37.4 Å². The van der Waals surface area contributed by atoms with Crippen LogP contribution in [0.1, 0.15) is 18.4 Å². The SMILES string of the molecule is CN1CC[C@@H](Nc2cc(F)cc3c(SC(F)(F)F)c(-c4noc([C@H]5CNC(=O)N5)n4)sc23)[C@@H](F)C1. The van der Waals surface area contributed by atoms with Gasteiger partial charge in [-0.25, -0.2) is 13.6 Å². The van der Waals surface area contributed by atoms with Gasteiger partial charge in [0.05, 0.1) is 21.3 Å². The molecule has 2 aliphatic rings. The quantitative estimate of drug-likeness (QED) is 0.328. The number of rotatable bonds is 5. The van der Waals surface area contributed by atoms with Crippen molar-refractivity contribution in [2.75, 3.05) is 32.0 Å². The topological polar surface area (TPSA) is 95.3 Å². The molecule has 0 radical (unpaired) electrons. The first-order valence-electron chi connectivity index (χ1n) is 10.6. The number of amides is 2. The molecule has 2 fully saturated rings. The van der Waals surface area contributed by atoms with Gasteiger partial charge in [-0.3, -0.25) is 0 Å². The van der Waals surface area contributed by atoms with Crippen LogP contribution in [-0.4, -0.2) is 65.5 Å². The number of carbonyl (C=O) groups is 1. The number of likely N-dealkylation sites (tertiary alicyclic amines) is 1. The highest BCUT2D eigenvalue weighted by molar-refractivity contribution is 8.00. The summed E-state index contributed by atoms with van der Waals surface area (Å²) in [6, 6.07) is 0.486. The molecule has 3 aromatic rings. The third kappa shape index (κ3) is 5.02. The summed E-state index contributed by atoms with van der Waals surface area (Å²) in [5.74, 6) is -0.858. The van der Waals surface area contributed by atoms with Crippen LogP contribution in [0.2, 0.25) is 0 Å². The van der Waals surface area contributed by atoms with E-state index in [4.69, 9.17) is 4.52 Å². The maximum absolute atomic E-state index is 14.6. The summed E-state index contributed by atoms with van der Waals surface area (Å²) in [7, 11) is 1.79. The monoisotopic (exact) mass is 534 g/mol. The number of fused-ring (bicyclic) bond motifs is 1. The molecule has 0 spiro atoms. The summed E-state index contributed by atoms with van der Waals surface area (Å²) in [4.78, 5) is 17.2. The van der Waals surface area contributed by atoms with Crippen LogP contribution in [-0.2, 0) is 0 Å². The number of benzene rings is 1. The summed E-state index contributed by atoms with van der Waals surface area (Å²) >= 11 is 0.525. The number of urea groups is 1. The standard InChI is InChI=1S/C20H19F5N6O2S2/c1-31-3-2-11(10(22)7-31)27-12-5-8(21)4-9-14(12)34-16(15(9)35-20(23,24)25)17-29-18(33-30-17)13-6-26-19(32)28-13/h4-5,10-11,13,27H,2-3,6-7H2,1H3,(H2,26,28,32)/t10-,11+,13+/m0/s1. The number of hydrogen-bond acceptors (Lipinski definition) is 8. The Hall–Kier alpha value is -2.65. The van der Waals surface area contributed by atoms with Crippen LogP contribution < -0.4 is 16.0 Å². The second-order valence-corrected chi connectivity index (χ2v) is 10.4. The summed E-state index contributed by atoms with van der Waals surface area (Å²) in [5.41, 5.74) is -4.47. The Kier molecular flexibility index (Phi) is 6.25. The van der Waals surface area contributed by atoms with Gasteiger partial charge in [-0.2, -0.15) is 18.2 Å². The van der Waals surface area contributed by atoms with Gasteiger partial charge in [0.25, 0.3) is 5.89 Å². The van der Waals surface area contributed by atoms with Gasteiger partial charge in [0.2, 0.25) is 5.82 Å². The number of nitrogens with zero attached hydrogens (tertiary/aromatic N) is 3. The molecule has 3 atom stereocenters. The molecule has 2 saturated heterocycles. The van der Waals surface area contributed by atoms with E-state index < -0.39 is 47.4 Å². The number of thiophene rings is 1. The molecule has 188 valence electrons. The first kappa shape index (κ1) is 24.1. The Morgan fingerprint density at radius 2 is 2.14 bits per heavy atom. The third-order valence-corrected chi connectivity index (χ3v) is 7.95. The van der Waals surface area contributed by atoms with Crippen LogP contribution in [0.15, 0.2) is 21.6 Å². The molecule has 2 aliphatic heterocycles. The molecule has 15 heteroatoms. The summed E-state index contributed by atoms with van der Waals surface area (Å²) < 4.78 is 75.1. The zero-order chi connectivity index (χ0) is 24.9. The minimum absolute atomic E-state index is 0.0142. The molecule has 0 bridgehead atoms. The van der Waals surface area contributed by atoms with Crippen LogP contribution in [0.5, 0.6) is 0 Å². The number of nitrogens with one attached hydrogen (secondary N) is 3. The van der Waals surface area contributed by atoms with Crippen LogP contribution in [0.3, 0.4) is 0 Å². The number of anilines is 1. The van der Waals surface area contributed by atoms with E-state index in [2.05, 4.69) is 26.1 Å². The van der Waals surface area contributed by atoms with Crippen molar-refractivity contribution in [3.05, 3.63) is 23.8 Å². The lowest BCUT2D eigenvalue weighted by atomic mass is 10.0. The molecule has 0 unspecified atom stereocenters. The van der Waals surface area contributed by atoms with E-state index in [0.717, 1.165) is 23.5 Å². The summed E-state index contributed by atoms with van der Waals surface area (Å²) in [5, 5.41) is 11.9. The maximum Gasteiger partial charge on any atom is 0.446 e. The van der Waals surface area contributed by atoms with Crippen molar-refractivity contribution in [1.29, 1.82) is 0 Å². The Morgan fingerprint density at radius 1 is 1.34 bits per heavy atom. The second-order valence-electron chi connectivity index (χ2n) is 8.32. The Balaban J connectivity index is 1.57. The molecule has 0 saturated carbocycles. The molecule has 0 aliphatic carbocycles. The molecule has 2 aromatic heterocycles. The van der Waals surface area contributed by atoms with E-state index in [0.29, 0.717) is 17.7 Å². The van der Waals surface area contributed by atoms with Crippen LogP contribution >= 0.6 is 23.1 Å². The lowest BCUT2D eigenvalue weighted by molar-refractivity contribution is -0.0327. The van der Waals surface area contributed by atoms with Gasteiger partial charge >= 0.3 is 11.5 Å². The first-order chi connectivity index (χ1) is 16.6. The van der Waals surface area contributed by atoms with E-state index in [9.17, 15) is 26.7 Å². The predicted molar refractivity (Wildman–Crippen MR) is 121 cm³/mol. The van der Waals surface area contributed by atoms with Crippen molar-refractivity contribution in [2.45, 2.75) is 35.1 Å². The van der Waals surface area contributed by atoms with Crippen LogP contribution in [0.4, 0.5) is 32.4 Å². The number of thioether (sulfide) groups is 1. The Morgan fingerprint density at radius 3 is 2.83 bits per heavy atom. The fraction of sp³-hybridized carbons (Fsp3) is 0.450. The zero-order valence-electron chi connectivity index (χ0n) is 18.1. The minimum atomic E-state index is -4.67. The fourth-order valence-electron chi connectivity index (χ4n) is 4.11. The van der Waals surface area contributed by atoms with Crippen molar-refractivity contribution in [2.24, 2.45) is 0 Å². The molecule has 3 N–H and O–H groups in total. The van der Waals surface area contributed by atoms with Gasteiger partial charge < -0.3 is 25.4 Å². The molecule has 35 heavy (non-hydrogen) atoms. The lowest BCUT2D eigenvalue weighted by Gasteiger charge is -2.33. The molecule has 1 aromatic carbocycles. The van der Waals surface area contributed by atoms with Crippen molar-refractivity contribution >= 4 is 44.9 Å². The fourth-order valence-corrected chi connectivity index (χ4v) is 6.19. The smallest absolute Gasteiger partial charge is 0.378 e. The molecule has 2 amide bonds. The maximum atomic E-state index is 14.6. The van der Waals surface area contributed by atoms with E-state index in [-0.39, 0.29) is 45.7 Å². The van der Waals surface area contributed by atoms with E-state index in [1.54, 1.807) is 7.05 Å². The number of alkyl halides is 4. The van der Waals surface area contributed by atoms with Crippen LogP contribution in [0.25, 0.3) is 20.8 Å². The normalized spacial score (nSPS) is 23.5. The van der Waals surface area contributed by atoms with E-state index in [1.807, 2.05) is 4.90 Å². The Labute approximate surface area is 203 Å². The number of piperidine rings is 1. The zero-order valence-corrected chi connectivity index (χ0v) is 19.7. The third-order valence-electron chi connectivity index (χ3n) is 5.73. The molecule has 8 nitrogen and oxygen atoms in total. The van der Waals surface area contributed by atoms with Gasteiger partial charge in [0, 0.05) is 29.9 Å². The highest BCUT2D eigenvalue weighted by Crippen LogP contribution is 2.51. The second kappa shape index (κ2) is 9.09. The largest absolute Gasteiger partial charge is 0.446 e. The van der Waals surface area contributed by atoms with E-state index in [1.165, 1.54) is 0 Å². The molecule has 4 heterocycles. The van der Waals surface area contributed by atoms with Crippen molar-refractivity contribution < 1.29 is 31.3 Å². The molecular formula is C20H19F5N6O2S2. The minimum Gasteiger partial charge on any atom is -0.378 e. The lowest BCUT2D eigenvalue weighted by Crippen LogP contribution is -2.46. The average molecular weight is 535 g/mol. The predicted octanol–water partition coefficient (Wildman–Crippen LogP) is 4.51. The molecule has 5 rings (SSSR count). The molecular weight excluding hydrogens is 515 g/mol. The van der Waals surface area contributed by atoms with Gasteiger partial charge in [0.1, 0.15) is 18.0 Å². The highest BCUT2D eigenvalue weighted by atomic mass is 32.2. The number of carbonyl (C=O) groups excluding carboxylic acids is 1. The van der Waals surface area contributed by atoms with Gasteiger partial charge in [-0.1, -0.05) is 5.16 Å². The van der Waals surface area contributed by atoms with Gasteiger partial charge in [0.15, 0.2) is 0 Å². The van der Waals surface area contributed by atoms with E-state index >= 15 is 0 Å². The van der Waals surface area contributed by atoms with Crippen molar-refractivity contribution in [3.8, 4) is 10.7 Å². The van der Waals surface area contributed by atoms with Gasteiger partial charge in [-0.15, -0.1) is 11.3 Å². The Bertz CT molecular complexity index is 1260.